The van der Waals surface area contributed by atoms with E-state index in [4.69, 9.17) is 4.74 Å². The Morgan fingerprint density at radius 3 is 2.27 bits per heavy atom. The zero-order chi connectivity index (χ0) is 18.8. The first-order valence-corrected chi connectivity index (χ1v) is 9.84. The minimum atomic E-state index is -0.535. The van der Waals surface area contributed by atoms with Gasteiger partial charge in [-0.3, -0.25) is 9.59 Å². The first kappa shape index (κ1) is 20.3. The summed E-state index contributed by atoms with van der Waals surface area (Å²) in [7, 11) is 0. The number of ether oxygens (including phenoxy) is 1. The van der Waals surface area contributed by atoms with Gasteiger partial charge in [-0.1, -0.05) is 64.2 Å². The van der Waals surface area contributed by atoms with E-state index in [2.05, 4.69) is 10.6 Å². The lowest BCUT2D eigenvalue weighted by atomic mass is 9.95. The van der Waals surface area contributed by atoms with Crippen molar-refractivity contribution < 1.29 is 14.3 Å². The maximum Gasteiger partial charge on any atom is 0.258 e. The smallest absolute Gasteiger partial charge is 0.258 e. The Labute approximate surface area is 156 Å². The second-order valence-corrected chi connectivity index (χ2v) is 7.44. The molecule has 1 saturated carbocycles. The first-order valence-electron chi connectivity index (χ1n) is 9.84. The Bertz CT molecular complexity index is 552. The molecule has 1 aliphatic carbocycles. The molecule has 2 amide bonds. The minimum Gasteiger partial charge on any atom is -0.484 e. The van der Waals surface area contributed by atoms with Crippen LogP contribution in [0.4, 0.5) is 0 Å². The largest absolute Gasteiger partial charge is 0.484 e. The van der Waals surface area contributed by atoms with Crippen LogP contribution in [0.25, 0.3) is 0 Å². The van der Waals surface area contributed by atoms with Gasteiger partial charge in [-0.15, -0.1) is 0 Å². The number of nitrogens with one attached hydrogen (secondary N) is 2. The molecule has 0 radical (unpaired) electrons. The van der Waals surface area contributed by atoms with Crippen LogP contribution in [0.5, 0.6) is 5.75 Å². The van der Waals surface area contributed by atoms with E-state index in [0.717, 1.165) is 25.7 Å². The SMILES string of the molecule is CC(C)[C@@H](NC(=O)COc1ccccc1)C(=O)NC1CCCCCCC1. The number of carbonyl (C=O) groups is 2. The molecule has 0 heterocycles. The Morgan fingerprint density at radius 2 is 1.65 bits per heavy atom. The normalized spacial score (nSPS) is 17.0. The molecular weight excluding hydrogens is 328 g/mol. The summed E-state index contributed by atoms with van der Waals surface area (Å²) in [6.45, 7) is 3.80. The Morgan fingerprint density at radius 1 is 1.04 bits per heavy atom. The number of rotatable bonds is 7. The maximum absolute atomic E-state index is 12.7. The molecule has 0 unspecified atom stereocenters. The lowest BCUT2D eigenvalue weighted by molar-refractivity contribution is -0.131. The average molecular weight is 360 g/mol. The third kappa shape index (κ3) is 7.06. The van der Waals surface area contributed by atoms with Gasteiger partial charge in [0.1, 0.15) is 11.8 Å². The molecule has 5 heteroatoms. The third-order valence-electron chi connectivity index (χ3n) is 4.83. The Kier molecular flexibility index (Phi) is 8.45. The van der Waals surface area contributed by atoms with E-state index in [1.165, 1.54) is 19.3 Å². The number of para-hydroxylation sites is 1. The van der Waals surface area contributed by atoms with E-state index in [1.807, 2.05) is 32.0 Å². The van der Waals surface area contributed by atoms with E-state index in [1.54, 1.807) is 12.1 Å². The molecule has 1 aromatic carbocycles. The average Bonchev–Trinajstić information content (AvgIpc) is 2.60. The maximum atomic E-state index is 12.7. The number of carbonyl (C=O) groups excluding carboxylic acids is 2. The summed E-state index contributed by atoms with van der Waals surface area (Å²) in [5.41, 5.74) is 0. The molecule has 2 N–H and O–H groups in total. The molecule has 144 valence electrons. The van der Waals surface area contributed by atoms with Gasteiger partial charge in [-0.05, 0) is 30.9 Å². The second kappa shape index (κ2) is 10.8. The number of amides is 2. The van der Waals surface area contributed by atoms with Crippen LogP contribution in [0.1, 0.15) is 58.8 Å². The molecule has 0 aliphatic heterocycles. The van der Waals surface area contributed by atoms with Crippen molar-refractivity contribution in [3.05, 3.63) is 30.3 Å². The first-order chi connectivity index (χ1) is 12.6. The number of hydrogen-bond acceptors (Lipinski definition) is 3. The lowest BCUT2D eigenvalue weighted by Gasteiger charge is -2.26. The minimum absolute atomic E-state index is 0.0178. The van der Waals surface area contributed by atoms with E-state index < -0.39 is 6.04 Å². The van der Waals surface area contributed by atoms with E-state index in [0.29, 0.717) is 5.75 Å². The van der Waals surface area contributed by atoms with E-state index >= 15 is 0 Å². The van der Waals surface area contributed by atoms with Crippen LogP contribution in [0.2, 0.25) is 0 Å². The van der Waals surface area contributed by atoms with Crippen molar-refractivity contribution in [1.29, 1.82) is 0 Å². The molecule has 0 aromatic heterocycles. The zero-order valence-corrected chi connectivity index (χ0v) is 16.0. The monoisotopic (exact) mass is 360 g/mol. The van der Waals surface area contributed by atoms with Crippen molar-refractivity contribution >= 4 is 11.8 Å². The molecule has 1 atom stereocenters. The highest BCUT2D eigenvalue weighted by molar-refractivity contribution is 5.88. The summed E-state index contributed by atoms with van der Waals surface area (Å²) in [4.78, 5) is 24.9. The fourth-order valence-electron chi connectivity index (χ4n) is 3.31. The van der Waals surface area contributed by atoms with Gasteiger partial charge in [-0.2, -0.15) is 0 Å². The molecule has 1 aromatic rings. The lowest BCUT2D eigenvalue weighted by Crippen LogP contribution is -2.53. The number of benzene rings is 1. The Balaban J connectivity index is 1.83. The topological polar surface area (TPSA) is 67.4 Å². The number of hydrogen-bond donors (Lipinski definition) is 2. The predicted octanol–water partition coefficient (Wildman–Crippen LogP) is 3.44. The Hall–Kier alpha value is -2.04. The van der Waals surface area contributed by atoms with Gasteiger partial charge in [0.2, 0.25) is 5.91 Å². The highest BCUT2D eigenvalue weighted by Crippen LogP contribution is 2.17. The van der Waals surface area contributed by atoms with Crippen molar-refractivity contribution in [1.82, 2.24) is 10.6 Å². The molecule has 0 spiro atoms. The van der Waals surface area contributed by atoms with Crippen LogP contribution >= 0.6 is 0 Å². The molecule has 5 nitrogen and oxygen atoms in total. The van der Waals surface area contributed by atoms with Crippen molar-refractivity contribution in [2.45, 2.75) is 70.9 Å². The quantitative estimate of drug-likeness (QED) is 0.783. The molecule has 1 fully saturated rings. The molecule has 26 heavy (non-hydrogen) atoms. The van der Waals surface area contributed by atoms with Gasteiger partial charge >= 0.3 is 0 Å². The van der Waals surface area contributed by atoms with Gasteiger partial charge in [0.25, 0.3) is 5.91 Å². The van der Waals surface area contributed by atoms with Gasteiger partial charge in [0.15, 0.2) is 6.61 Å². The summed E-state index contributed by atoms with van der Waals surface area (Å²) in [5, 5.41) is 5.98. The van der Waals surface area contributed by atoms with E-state index in [-0.39, 0.29) is 30.4 Å². The van der Waals surface area contributed by atoms with Crippen LogP contribution in [-0.4, -0.2) is 30.5 Å². The van der Waals surface area contributed by atoms with Crippen molar-refractivity contribution in [2.75, 3.05) is 6.61 Å². The fraction of sp³-hybridized carbons (Fsp3) is 0.619. The summed E-state index contributed by atoms with van der Waals surface area (Å²) in [6.07, 6.45) is 8.17. The van der Waals surface area contributed by atoms with Gasteiger partial charge in [-0.25, -0.2) is 0 Å². The highest BCUT2D eigenvalue weighted by atomic mass is 16.5. The summed E-state index contributed by atoms with van der Waals surface area (Å²) < 4.78 is 5.46. The third-order valence-corrected chi connectivity index (χ3v) is 4.83. The second-order valence-electron chi connectivity index (χ2n) is 7.44. The van der Waals surface area contributed by atoms with Crippen LogP contribution in [0.3, 0.4) is 0 Å². The van der Waals surface area contributed by atoms with Gasteiger partial charge in [0.05, 0.1) is 0 Å². The predicted molar refractivity (Wildman–Crippen MR) is 103 cm³/mol. The van der Waals surface area contributed by atoms with Gasteiger partial charge < -0.3 is 15.4 Å². The van der Waals surface area contributed by atoms with Crippen LogP contribution < -0.4 is 15.4 Å². The molecule has 0 saturated heterocycles. The standard InChI is InChI=1S/C21H32N2O3/c1-16(2)20(21(25)22-17-11-7-4-3-5-8-12-17)23-19(24)15-26-18-13-9-6-10-14-18/h6,9-10,13-14,16-17,20H,3-5,7-8,11-12,15H2,1-2H3,(H,22,25)(H,23,24)/t20-/m1/s1. The summed E-state index contributed by atoms with van der Waals surface area (Å²) in [5.74, 6) is 0.297. The van der Waals surface area contributed by atoms with Crippen molar-refractivity contribution in [2.24, 2.45) is 5.92 Å². The summed E-state index contributed by atoms with van der Waals surface area (Å²) in [6, 6.07) is 8.89. The van der Waals surface area contributed by atoms with E-state index in [9.17, 15) is 9.59 Å². The molecule has 0 bridgehead atoms. The molecule has 1 aliphatic rings. The summed E-state index contributed by atoms with van der Waals surface area (Å²) >= 11 is 0. The zero-order valence-electron chi connectivity index (χ0n) is 16.0. The molecule has 2 rings (SSSR count). The fourth-order valence-corrected chi connectivity index (χ4v) is 3.31. The van der Waals surface area contributed by atoms with Crippen LogP contribution in [0, 0.1) is 5.92 Å². The van der Waals surface area contributed by atoms with Gasteiger partial charge in [0, 0.05) is 6.04 Å². The van der Waals surface area contributed by atoms with Crippen LogP contribution in [0.15, 0.2) is 30.3 Å². The molecular formula is C21H32N2O3. The van der Waals surface area contributed by atoms with Crippen molar-refractivity contribution in [3.63, 3.8) is 0 Å². The van der Waals surface area contributed by atoms with Crippen LogP contribution in [-0.2, 0) is 9.59 Å². The highest BCUT2D eigenvalue weighted by Gasteiger charge is 2.26. The van der Waals surface area contributed by atoms with Crippen molar-refractivity contribution in [3.8, 4) is 5.75 Å².